The molecule has 1 fully saturated rings. The molecule has 0 bridgehead atoms. The first-order chi connectivity index (χ1) is 7.70. The molecule has 0 amide bonds. The van der Waals surface area contributed by atoms with E-state index in [1.807, 2.05) is 0 Å². The molecular weight excluding hydrogens is 213 g/mol. The number of methoxy groups -OCH3 is 1. The van der Waals surface area contributed by atoms with Crippen molar-refractivity contribution in [1.29, 1.82) is 0 Å². The third-order valence-corrected chi connectivity index (χ3v) is 2.54. The third-order valence-electron chi connectivity index (χ3n) is 2.54. The number of anilines is 1. The van der Waals surface area contributed by atoms with E-state index >= 15 is 0 Å². The summed E-state index contributed by atoms with van der Waals surface area (Å²) in [7, 11) is 1.59. The Bertz CT molecular complexity index is 372. The molecule has 5 heteroatoms. The minimum atomic E-state index is -0.378. The van der Waals surface area contributed by atoms with Gasteiger partial charge in [-0.1, -0.05) is 0 Å². The third kappa shape index (κ3) is 2.25. The Balaban J connectivity index is 2.11. The first kappa shape index (κ1) is 11.2. The van der Waals surface area contributed by atoms with Crippen molar-refractivity contribution in [3.05, 3.63) is 24.0 Å². The average Bonchev–Trinajstić information content (AvgIpc) is 2.71. The molecule has 0 saturated carbocycles. The molecule has 0 aliphatic carbocycles. The molecule has 2 rings (SSSR count). The van der Waals surface area contributed by atoms with Crippen LogP contribution >= 0.6 is 0 Å². The predicted molar refractivity (Wildman–Crippen MR) is 56.8 cm³/mol. The quantitative estimate of drug-likeness (QED) is 0.788. The maximum atomic E-state index is 13.0. The van der Waals surface area contributed by atoms with E-state index in [4.69, 9.17) is 19.9 Å². The second kappa shape index (κ2) is 4.67. The van der Waals surface area contributed by atoms with Gasteiger partial charge in [0.2, 0.25) is 0 Å². The van der Waals surface area contributed by atoms with E-state index in [-0.39, 0.29) is 18.0 Å². The smallest absolute Gasteiger partial charge is 0.150 e. The summed E-state index contributed by atoms with van der Waals surface area (Å²) >= 11 is 0. The number of rotatable bonds is 3. The maximum Gasteiger partial charge on any atom is 0.150 e. The molecule has 1 aliphatic rings. The van der Waals surface area contributed by atoms with Crippen LogP contribution in [0.5, 0.6) is 5.75 Å². The van der Waals surface area contributed by atoms with Crippen LogP contribution in [0.4, 0.5) is 10.1 Å². The van der Waals surface area contributed by atoms with Crippen LogP contribution in [-0.2, 0) is 9.47 Å². The van der Waals surface area contributed by atoms with Gasteiger partial charge in [0.25, 0.3) is 0 Å². The number of ether oxygens (including phenoxy) is 3. The van der Waals surface area contributed by atoms with Crippen LogP contribution in [0.2, 0.25) is 0 Å². The highest BCUT2D eigenvalue weighted by Crippen LogP contribution is 2.25. The molecule has 0 spiro atoms. The first-order valence-corrected chi connectivity index (χ1v) is 5.03. The van der Waals surface area contributed by atoms with Crippen molar-refractivity contribution in [3.63, 3.8) is 0 Å². The molecule has 4 nitrogen and oxygen atoms in total. The van der Waals surface area contributed by atoms with E-state index in [0.717, 1.165) is 0 Å². The topological polar surface area (TPSA) is 53.7 Å². The van der Waals surface area contributed by atoms with Gasteiger partial charge in [0.15, 0.2) is 6.10 Å². The highest BCUT2D eigenvalue weighted by molar-refractivity contribution is 5.52. The Morgan fingerprint density at radius 2 is 2.12 bits per heavy atom. The fourth-order valence-electron chi connectivity index (χ4n) is 1.62. The first-order valence-electron chi connectivity index (χ1n) is 5.03. The van der Waals surface area contributed by atoms with E-state index in [1.165, 1.54) is 18.2 Å². The van der Waals surface area contributed by atoms with Crippen molar-refractivity contribution in [2.75, 3.05) is 26.1 Å². The summed E-state index contributed by atoms with van der Waals surface area (Å²) in [6.07, 6.45) is -0.378. The number of nitrogens with two attached hydrogens (primary N) is 1. The van der Waals surface area contributed by atoms with Crippen LogP contribution < -0.4 is 10.5 Å². The van der Waals surface area contributed by atoms with Crippen LogP contribution in [0, 0.1) is 5.82 Å². The van der Waals surface area contributed by atoms with E-state index in [0.29, 0.717) is 24.7 Å². The van der Waals surface area contributed by atoms with E-state index in [1.54, 1.807) is 7.11 Å². The lowest BCUT2D eigenvalue weighted by atomic mass is 10.2. The molecule has 2 N–H and O–H groups in total. The molecule has 0 radical (unpaired) electrons. The Hall–Kier alpha value is -1.33. The maximum absolute atomic E-state index is 13.0. The molecule has 2 atom stereocenters. The molecule has 0 unspecified atom stereocenters. The highest BCUT2D eigenvalue weighted by Gasteiger charge is 2.30. The summed E-state index contributed by atoms with van der Waals surface area (Å²) < 4.78 is 29.0. The number of hydrogen-bond donors (Lipinski definition) is 1. The van der Waals surface area contributed by atoms with Gasteiger partial charge < -0.3 is 19.9 Å². The minimum absolute atomic E-state index is 0.136. The normalized spacial score (nSPS) is 24.6. The molecule has 88 valence electrons. The molecule has 1 aromatic carbocycles. The predicted octanol–water partition coefficient (Wildman–Crippen LogP) is 1.20. The molecule has 1 heterocycles. The van der Waals surface area contributed by atoms with Gasteiger partial charge >= 0.3 is 0 Å². The van der Waals surface area contributed by atoms with Crippen molar-refractivity contribution in [2.45, 2.75) is 12.2 Å². The lowest BCUT2D eigenvalue weighted by Gasteiger charge is -2.19. The summed E-state index contributed by atoms with van der Waals surface area (Å²) in [5, 5.41) is 0. The standard InChI is InChI=1S/C11H14FNO3/c1-14-10-5-15-6-11(10)16-9-4-7(12)2-3-8(9)13/h2-4,10-11H,5-6,13H2,1H3/t10-,11+/m1/s1. The summed E-state index contributed by atoms with van der Waals surface area (Å²) in [4.78, 5) is 0. The molecule has 1 aromatic rings. The van der Waals surface area contributed by atoms with Crippen LogP contribution in [0.1, 0.15) is 0 Å². The molecule has 0 aromatic heterocycles. The van der Waals surface area contributed by atoms with Crippen LogP contribution in [0.15, 0.2) is 18.2 Å². The lowest BCUT2D eigenvalue weighted by Crippen LogP contribution is -2.31. The fraction of sp³-hybridized carbons (Fsp3) is 0.455. The van der Waals surface area contributed by atoms with Crippen molar-refractivity contribution in [3.8, 4) is 5.75 Å². The lowest BCUT2D eigenvalue weighted by molar-refractivity contribution is 0.0328. The summed E-state index contributed by atoms with van der Waals surface area (Å²) in [5.74, 6) is -0.0466. The largest absolute Gasteiger partial charge is 0.483 e. The molecule has 16 heavy (non-hydrogen) atoms. The summed E-state index contributed by atoms with van der Waals surface area (Å²) in [6, 6.07) is 4.03. The van der Waals surface area contributed by atoms with Gasteiger partial charge in [0, 0.05) is 13.2 Å². The van der Waals surface area contributed by atoms with E-state index in [9.17, 15) is 4.39 Å². The molecule has 1 saturated heterocycles. The fourth-order valence-corrected chi connectivity index (χ4v) is 1.62. The van der Waals surface area contributed by atoms with Gasteiger partial charge in [0.05, 0.1) is 18.9 Å². The van der Waals surface area contributed by atoms with Crippen molar-refractivity contribution in [1.82, 2.24) is 0 Å². The zero-order valence-electron chi connectivity index (χ0n) is 8.98. The van der Waals surface area contributed by atoms with Crippen molar-refractivity contribution >= 4 is 5.69 Å². The van der Waals surface area contributed by atoms with Gasteiger partial charge in [-0.05, 0) is 12.1 Å². The number of hydrogen-bond acceptors (Lipinski definition) is 4. The monoisotopic (exact) mass is 227 g/mol. The van der Waals surface area contributed by atoms with Crippen molar-refractivity contribution in [2.24, 2.45) is 0 Å². The molecule has 1 aliphatic heterocycles. The second-order valence-electron chi connectivity index (χ2n) is 3.65. The average molecular weight is 227 g/mol. The zero-order valence-corrected chi connectivity index (χ0v) is 8.98. The van der Waals surface area contributed by atoms with Gasteiger partial charge in [-0.25, -0.2) is 4.39 Å². The Morgan fingerprint density at radius 1 is 1.38 bits per heavy atom. The number of benzene rings is 1. The number of halogens is 1. The van der Waals surface area contributed by atoms with E-state index in [2.05, 4.69) is 0 Å². The van der Waals surface area contributed by atoms with Crippen molar-refractivity contribution < 1.29 is 18.6 Å². The molecular formula is C11H14FNO3. The second-order valence-corrected chi connectivity index (χ2v) is 3.65. The van der Waals surface area contributed by atoms with Gasteiger partial charge in [0.1, 0.15) is 17.7 Å². The minimum Gasteiger partial charge on any atom is -0.483 e. The Labute approximate surface area is 93.1 Å². The zero-order chi connectivity index (χ0) is 11.5. The summed E-state index contributed by atoms with van der Waals surface area (Å²) in [6.45, 7) is 0.908. The van der Waals surface area contributed by atoms with Gasteiger partial charge in [-0.3, -0.25) is 0 Å². The summed E-state index contributed by atoms with van der Waals surface area (Å²) in [5.41, 5.74) is 6.09. The highest BCUT2D eigenvalue weighted by atomic mass is 19.1. The van der Waals surface area contributed by atoms with E-state index < -0.39 is 0 Å². The van der Waals surface area contributed by atoms with Crippen LogP contribution in [-0.4, -0.2) is 32.5 Å². The Kier molecular flexibility index (Phi) is 3.26. The number of nitrogen functional groups attached to an aromatic ring is 1. The van der Waals surface area contributed by atoms with Gasteiger partial charge in [-0.2, -0.15) is 0 Å². The van der Waals surface area contributed by atoms with Crippen LogP contribution in [0.25, 0.3) is 0 Å². The van der Waals surface area contributed by atoms with Crippen LogP contribution in [0.3, 0.4) is 0 Å². The Morgan fingerprint density at radius 3 is 2.88 bits per heavy atom. The van der Waals surface area contributed by atoms with Gasteiger partial charge in [-0.15, -0.1) is 0 Å². The SMILES string of the molecule is CO[C@@H]1COC[C@@H]1Oc1cc(F)ccc1N.